The first-order valence-electron chi connectivity index (χ1n) is 41.2. The van der Waals surface area contributed by atoms with Crippen LogP contribution < -0.4 is 32.9 Å². The van der Waals surface area contributed by atoms with Crippen molar-refractivity contribution in [3.63, 3.8) is 0 Å². The SMILES string of the molecule is CC(C)(C)OC(=O)N1Cc2c(Cl)ncc(Br)c2C1=O.CC(C)(C)OC(=O)N1Cc2c(Cl)ncc(NCc3ccccc3)c2C1=O.Cn1ccc2c(-c3ncc(N)c4c3CNC4)ccnc21.Cn1ccc2c(-c3ncc(NCc4ccccc4)c4c3CN(C(=O)OC(C)(C)C)C4)ccnc21.Cn1ccc2c(B3OC(C)(C)C(C)(C)O3)ccnc21.NCc1ccccc1. The van der Waals surface area contributed by atoms with Crippen LogP contribution in [0.3, 0.4) is 0 Å². The maximum atomic E-state index is 12.9. The molecule has 5 aliphatic rings. The zero-order valence-corrected chi connectivity index (χ0v) is 76.6. The van der Waals surface area contributed by atoms with Crippen molar-refractivity contribution in [2.75, 3.05) is 16.4 Å². The molecule has 0 atom stereocenters. The summed E-state index contributed by atoms with van der Waals surface area (Å²) in [4.78, 5) is 97.0. The van der Waals surface area contributed by atoms with E-state index < -0.39 is 40.8 Å². The Labute approximate surface area is 751 Å². The van der Waals surface area contributed by atoms with Gasteiger partial charge in [0, 0.05) is 151 Å². The summed E-state index contributed by atoms with van der Waals surface area (Å²) in [5.41, 5.74) is 28.7. The Hall–Kier alpha value is -12.2. The van der Waals surface area contributed by atoms with E-state index in [2.05, 4.69) is 120 Å². The molecule has 1 saturated heterocycles. The summed E-state index contributed by atoms with van der Waals surface area (Å²) < 4.78 is 34.9. The van der Waals surface area contributed by atoms with Crippen molar-refractivity contribution in [3.8, 4) is 22.5 Å². The zero-order chi connectivity index (χ0) is 90.5. The number of anilines is 3. The summed E-state index contributed by atoms with van der Waals surface area (Å²) >= 11 is 15.3. The summed E-state index contributed by atoms with van der Waals surface area (Å²) in [6, 6.07) is 42.2. The van der Waals surface area contributed by atoms with Gasteiger partial charge in [0.25, 0.3) is 11.8 Å². The van der Waals surface area contributed by atoms with Gasteiger partial charge in [-0.05, 0) is 176 Å². The number of hydrogen-bond donors (Lipinski definition) is 5. The molecule has 0 radical (unpaired) electrons. The largest absolute Gasteiger partial charge is 0.495 e. The van der Waals surface area contributed by atoms with E-state index in [0.717, 1.165) is 112 Å². The Balaban J connectivity index is 0.000000134. The second kappa shape index (κ2) is 38.0. The van der Waals surface area contributed by atoms with Crippen molar-refractivity contribution in [3.05, 3.63) is 265 Å². The second-order valence-electron chi connectivity index (χ2n) is 34.8. The molecule has 0 spiro atoms. The van der Waals surface area contributed by atoms with Gasteiger partial charge in [-0.2, -0.15) is 0 Å². The third kappa shape index (κ3) is 20.8. The third-order valence-corrected chi connectivity index (χ3v) is 22.9. The average molecular weight is 1810 g/mol. The van der Waals surface area contributed by atoms with E-state index in [-0.39, 0.29) is 47.8 Å². The molecule has 1 fully saturated rings. The number of imide groups is 2. The fourth-order valence-corrected chi connectivity index (χ4v) is 15.6. The van der Waals surface area contributed by atoms with Crippen molar-refractivity contribution in [1.82, 2.24) is 68.6 Å². The molecule has 0 saturated carbocycles. The van der Waals surface area contributed by atoms with Crippen molar-refractivity contribution in [2.24, 2.45) is 26.9 Å². The van der Waals surface area contributed by atoms with Gasteiger partial charge < -0.3 is 64.6 Å². The molecule has 0 bridgehead atoms. The zero-order valence-electron chi connectivity index (χ0n) is 73.5. The lowest BCUT2D eigenvalue weighted by Crippen LogP contribution is -2.41. The van der Waals surface area contributed by atoms with Crippen molar-refractivity contribution < 1.29 is 47.5 Å². The van der Waals surface area contributed by atoms with E-state index in [9.17, 15) is 24.0 Å². The Bertz CT molecular complexity index is 6200. The van der Waals surface area contributed by atoms with Gasteiger partial charge in [0.15, 0.2) is 0 Å². The van der Waals surface area contributed by atoms with Crippen LogP contribution in [-0.2, 0) is 104 Å². The molecule has 654 valence electrons. The van der Waals surface area contributed by atoms with Gasteiger partial charge in [-0.3, -0.25) is 24.5 Å². The van der Waals surface area contributed by atoms with E-state index in [1.807, 2.05) is 196 Å². The second-order valence-corrected chi connectivity index (χ2v) is 36.4. The molecule has 5 aliphatic heterocycles. The van der Waals surface area contributed by atoms with E-state index in [1.54, 1.807) is 52.6 Å². The first-order chi connectivity index (χ1) is 59.8. The Kier molecular flexibility index (Phi) is 27.6. The molecule has 32 heteroatoms. The van der Waals surface area contributed by atoms with Crippen LogP contribution in [-0.4, -0.2) is 129 Å². The molecule has 0 unspecified atom stereocenters. The van der Waals surface area contributed by atoms with Crippen molar-refractivity contribution in [1.29, 1.82) is 0 Å². The maximum Gasteiger partial charge on any atom is 0.495 e. The number of nitrogen functional groups attached to an aromatic ring is 1. The fourth-order valence-electron chi connectivity index (χ4n) is 14.7. The minimum atomic E-state index is -0.692. The number of hydrogen-bond acceptors (Lipinski definition) is 22. The predicted octanol–water partition coefficient (Wildman–Crippen LogP) is 18.0. The minimum Gasteiger partial charge on any atom is -0.444 e. The Morgan fingerprint density at radius 2 is 0.905 bits per heavy atom. The van der Waals surface area contributed by atoms with E-state index in [4.69, 9.17) is 63.2 Å². The van der Waals surface area contributed by atoms with Gasteiger partial charge in [0.05, 0.1) is 95.5 Å². The van der Waals surface area contributed by atoms with Gasteiger partial charge in [-0.15, -0.1) is 0 Å². The van der Waals surface area contributed by atoms with Gasteiger partial charge in [-0.25, -0.2) is 49.1 Å². The number of carbonyl (C=O) groups excluding carboxylic acids is 5. The smallest absolute Gasteiger partial charge is 0.444 e. The molecule has 126 heavy (non-hydrogen) atoms. The van der Waals surface area contributed by atoms with Gasteiger partial charge in [-0.1, -0.05) is 114 Å². The molecule has 3 aromatic carbocycles. The summed E-state index contributed by atoms with van der Waals surface area (Å²) in [6.07, 6.45) is 16.4. The number of aryl methyl sites for hydroxylation is 3. The highest BCUT2D eigenvalue weighted by Crippen LogP contribution is 2.42. The highest BCUT2D eigenvalue weighted by atomic mass is 79.9. The van der Waals surface area contributed by atoms with Crippen molar-refractivity contribution in [2.45, 2.75) is 177 Å². The number of carbonyl (C=O) groups is 5. The van der Waals surface area contributed by atoms with Crippen molar-refractivity contribution >= 4 is 132 Å². The summed E-state index contributed by atoms with van der Waals surface area (Å²) in [5.74, 6) is -0.866. The molecule has 10 aromatic heterocycles. The number of pyridine rings is 7. The van der Waals surface area contributed by atoms with E-state index >= 15 is 0 Å². The number of nitrogens with two attached hydrogens (primary N) is 2. The first-order valence-corrected chi connectivity index (χ1v) is 42.7. The minimum absolute atomic E-state index is 0.0514. The van der Waals surface area contributed by atoms with Crippen LogP contribution in [0.5, 0.6) is 0 Å². The number of benzene rings is 3. The first kappa shape index (κ1) is 91.5. The molecular formula is C94H104BBrCl2N18O10. The number of ether oxygens (including phenoxy) is 3. The van der Waals surface area contributed by atoms with Crippen LogP contribution in [0.15, 0.2) is 194 Å². The number of rotatable bonds is 10. The standard InChI is InChI=1S/C27H29N5O2.C19H20ClN3O3.C15H15N5.C14H19BN2O2.C12H12BrClN2O3.C7H9N/c1-27(2,3)34-26(33)32-16-21-22(17-32)24(19-10-12-28-25-20(19)11-13-31(25)4)30-15-23(21)29-14-18-8-6-5-7-9-18;1-19(2,3)26-18(25)23-11-13-15(17(23)24)14(10-22-16(13)20)21-9-12-7-5-4-6-8-12;1-20-5-3-10-9(2-4-18-15(10)20)14-12-7-17-6-11(12)13(16)8-19-14;1-13(2)14(3,4)19-15(18-13)11-6-8-16-12-10(11)7-9-17(12)5;1-12(2,3)19-11(18)16-5-6-8(10(16)17)7(13)4-15-9(6)14;8-6-7-4-2-1-3-5-7/h5-13,15,29H,14,16-17H2,1-4H3;4-8,10,21H,9,11H2,1-3H3;2-5,8,17H,6-7,16H2,1H3;6-9H,1-5H3;4H,5H2,1-3H3;1-5H,6,8H2. The molecular weight excluding hydrogens is 1700 g/mol. The normalized spacial score (nSPS) is 14.5. The quantitative estimate of drug-likeness (QED) is 0.0482. The van der Waals surface area contributed by atoms with Crippen LogP contribution in [0.2, 0.25) is 10.3 Å². The topological polar surface area (TPSA) is 334 Å². The maximum absolute atomic E-state index is 12.9. The Morgan fingerprint density at radius 3 is 1.40 bits per heavy atom. The lowest BCUT2D eigenvalue weighted by Gasteiger charge is -2.32. The predicted molar refractivity (Wildman–Crippen MR) is 495 cm³/mol. The molecule has 0 aliphatic carbocycles. The van der Waals surface area contributed by atoms with Gasteiger partial charge >= 0.3 is 25.4 Å². The highest BCUT2D eigenvalue weighted by Gasteiger charge is 2.52. The summed E-state index contributed by atoms with van der Waals surface area (Å²) in [7, 11) is 5.64. The molecule has 5 amide bonds. The van der Waals surface area contributed by atoms with Crippen LogP contribution in [0, 0.1) is 0 Å². The van der Waals surface area contributed by atoms with Crippen LogP contribution in [0.25, 0.3) is 55.6 Å². The van der Waals surface area contributed by atoms with Gasteiger partial charge in [0.1, 0.15) is 44.1 Å². The monoisotopic (exact) mass is 1800 g/mol. The number of nitrogens with zero attached hydrogens (tertiary/aromatic N) is 13. The third-order valence-electron chi connectivity index (χ3n) is 21.7. The van der Waals surface area contributed by atoms with Gasteiger partial charge in [0.2, 0.25) is 0 Å². The lowest BCUT2D eigenvalue weighted by atomic mass is 9.78. The summed E-state index contributed by atoms with van der Waals surface area (Å²) in [6.45, 7) is 28.9. The molecule has 28 nitrogen and oxygen atoms in total. The number of halogens is 3. The molecule has 18 rings (SSSR count). The fraction of sp³-hybridized carbons (Fsp3) is 0.319. The van der Waals surface area contributed by atoms with E-state index in [0.29, 0.717) is 65.1 Å². The molecule has 7 N–H and O–H groups in total. The average Bonchev–Trinajstić information content (AvgIpc) is 1.61. The number of aromatic nitrogens is 10. The number of nitrogens with one attached hydrogen (secondary N) is 3. The van der Waals surface area contributed by atoms with Crippen LogP contribution in [0.1, 0.15) is 161 Å². The number of fused-ring (bicyclic) bond motifs is 7. The number of amides is 5. The molecule has 15 heterocycles. The lowest BCUT2D eigenvalue weighted by molar-refractivity contribution is 0.00578. The van der Waals surface area contributed by atoms with Crippen LogP contribution >= 0.6 is 39.1 Å². The van der Waals surface area contributed by atoms with E-state index in [1.165, 1.54) is 34.6 Å². The summed E-state index contributed by atoms with van der Waals surface area (Å²) in [5, 5.41) is 13.8. The van der Waals surface area contributed by atoms with Crippen LogP contribution in [0.4, 0.5) is 31.4 Å². The Morgan fingerprint density at radius 1 is 0.492 bits per heavy atom. The molecule has 13 aromatic rings. The highest BCUT2D eigenvalue weighted by molar-refractivity contribution is 9.10.